The van der Waals surface area contributed by atoms with Gasteiger partial charge in [0.1, 0.15) is 0 Å². The summed E-state index contributed by atoms with van der Waals surface area (Å²) in [6, 6.07) is 4.18. The van der Waals surface area contributed by atoms with E-state index < -0.39 is 17.2 Å². The van der Waals surface area contributed by atoms with Gasteiger partial charge in [-0.25, -0.2) is 8.78 Å². The quantitative estimate of drug-likeness (QED) is 0.795. The number of benzene rings is 1. The van der Waals surface area contributed by atoms with E-state index in [0.717, 1.165) is 12.5 Å². The number of hydrogen-bond acceptors (Lipinski definition) is 1. The van der Waals surface area contributed by atoms with Crippen LogP contribution in [-0.2, 0) is 6.42 Å². The van der Waals surface area contributed by atoms with E-state index in [0.29, 0.717) is 12.0 Å². The van der Waals surface area contributed by atoms with Gasteiger partial charge in [-0.05, 0) is 31.4 Å². The van der Waals surface area contributed by atoms with Gasteiger partial charge in [0.05, 0.1) is 0 Å². The first-order valence-electron chi connectivity index (χ1n) is 4.68. The minimum absolute atomic E-state index is 0.344. The van der Waals surface area contributed by atoms with E-state index in [9.17, 15) is 8.78 Å². The number of halogens is 2. The number of hydrogen-bond donors (Lipinski definition) is 1. The lowest BCUT2D eigenvalue weighted by atomic mass is 9.91. The van der Waals surface area contributed by atoms with Crippen LogP contribution < -0.4 is 5.73 Å². The summed E-state index contributed by atoms with van der Waals surface area (Å²) in [6.07, 6.45) is 1.08. The molecule has 0 aliphatic heterocycles. The normalized spacial score (nSPS) is 15.2. The fourth-order valence-electron chi connectivity index (χ4n) is 1.25. The van der Waals surface area contributed by atoms with Crippen LogP contribution in [0.4, 0.5) is 8.78 Å². The largest absolute Gasteiger partial charge is 0.325 e. The molecule has 0 aliphatic rings. The van der Waals surface area contributed by atoms with Crippen molar-refractivity contribution in [2.24, 2.45) is 5.73 Å². The second-order valence-corrected chi connectivity index (χ2v) is 3.90. The maximum absolute atomic E-state index is 13.2. The van der Waals surface area contributed by atoms with Crippen LogP contribution in [0.3, 0.4) is 0 Å². The zero-order chi connectivity index (χ0) is 10.8. The van der Waals surface area contributed by atoms with Crippen molar-refractivity contribution in [3.8, 4) is 0 Å². The summed E-state index contributed by atoms with van der Waals surface area (Å²) in [5.74, 6) is -1.59. The Kier molecular flexibility index (Phi) is 3.21. The van der Waals surface area contributed by atoms with Gasteiger partial charge in [0, 0.05) is 5.54 Å². The third kappa shape index (κ3) is 2.51. The van der Waals surface area contributed by atoms with Gasteiger partial charge in [-0.1, -0.05) is 19.1 Å². The molecule has 1 aromatic rings. The molecule has 1 rings (SSSR count). The summed E-state index contributed by atoms with van der Waals surface area (Å²) in [5.41, 5.74) is 5.74. The Hall–Kier alpha value is -0.960. The van der Waals surface area contributed by atoms with Gasteiger partial charge in [0.25, 0.3) is 0 Å². The molecule has 1 unspecified atom stereocenters. The van der Waals surface area contributed by atoms with E-state index in [2.05, 4.69) is 0 Å². The standard InChI is InChI=1S/C11H15F2N/c1-3-11(2,14)7-8-5-4-6-9(12)10(8)13/h4-6H,3,7,14H2,1-2H3. The molecule has 0 radical (unpaired) electrons. The van der Waals surface area contributed by atoms with Crippen molar-refractivity contribution < 1.29 is 8.78 Å². The zero-order valence-electron chi connectivity index (χ0n) is 8.48. The zero-order valence-corrected chi connectivity index (χ0v) is 8.48. The van der Waals surface area contributed by atoms with Gasteiger partial charge in [-0.3, -0.25) is 0 Å². The van der Waals surface area contributed by atoms with E-state index in [1.165, 1.54) is 6.07 Å². The summed E-state index contributed by atoms with van der Waals surface area (Å²) >= 11 is 0. The third-order valence-electron chi connectivity index (χ3n) is 2.43. The summed E-state index contributed by atoms with van der Waals surface area (Å²) in [7, 11) is 0. The highest BCUT2D eigenvalue weighted by Gasteiger charge is 2.19. The van der Waals surface area contributed by atoms with E-state index in [4.69, 9.17) is 5.73 Å². The molecule has 0 saturated heterocycles. The Balaban J connectivity index is 2.92. The third-order valence-corrected chi connectivity index (χ3v) is 2.43. The Morgan fingerprint density at radius 1 is 1.36 bits per heavy atom. The fraction of sp³-hybridized carbons (Fsp3) is 0.455. The molecule has 0 aliphatic carbocycles. The van der Waals surface area contributed by atoms with Crippen molar-refractivity contribution in [1.29, 1.82) is 0 Å². The van der Waals surface area contributed by atoms with Crippen LogP contribution in [0.25, 0.3) is 0 Å². The molecule has 0 amide bonds. The van der Waals surface area contributed by atoms with Gasteiger partial charge in [-0.2, -0.15) is 0 Å². The predicted octanol–water partition coefficient (Wildman–Crippen LogP) is 2.63. The Labute approximate surface area is 82.9 Å². The van der Waals surface area contributed by atoms with Crippen LogP contribution in [0.2, 0.25) is 0 Å². The Bertz CT molecular complexity index is 321. The maximum atomic E-state index is 13.2. The predicted molar refractivity (Wildman–Crippen MR) is 52.9 cm³/mol. The smallest absolute Gasteiger partial charge is 0.162 e. The van der Waals surface area contributed by atoms with E-state index in [1.807, 2.05) is 13.8 Å². The molecule has 0 heterocycles. The average Bonchev–Trinajstić information content (AvgIpc) is 2.13. The van der Waals surface area contributed by atoms with Crippen LogP contribution in [0.1, 0.15) is 25.8 Å². The maximum Gasteiger partial charge on any atom is 0.162 e. The Morgan fingerprint density at radius 2 is 2.00 bits per heavy atom. The van der Waals surface area contributed by atoms with Crippen molar-refractivity contribution in [2.75, 3.05) is 0 Å². The molecule has 0 saturated carbocycles. The summed E-state index contributed by atoms with van der Waals surface area (Å²) in [4.78, 5) is 0. The molecule has 1 aromatic carbocycles. The van der Waals surface area contributed by atoms with Crippen LogP contribution in [0, 0.1) is 11.6 Å². The monoisotopic (exact) mass is 199 g/mol. The summed E-state index contributed by atoms with van der Waals surface area (Å²) in [5, 5.41) is 0. The molecule has 3 heteroatoms. The van der Waals surface area contributed by atoms with Crippen molar-refractivity contribution in [2.45, 2.75) is 32.2 Å². The average molecular weight is 199 g/mol. The molecule has 0 spiro atoms. The fourth-order valence-corrected chi connectivity index (χ4v) is 1.25. The van der Waals surface area contributed by atoms with E-state index in [-0.39, 0.29) is 0 Å². The number of rotatable bonds is 3. The van der Waals surface area contributed by atoms with Gasteiger partial charge in [-0.15, -0.1) is 0 Å². The highest BCUT2D eigenvalue weighted by molar-refractivity contribution is 5.21. The topological polar surface area (TPSA) is 26.0 Å². The van der Waals surface area contributed by atoms with Crippen molar-refractivity contribution >= 4 is 0 Å². The highest BCUT2D eigenvalue weighted by Crippen LogP contribution is 2.18. The molecule has 0 aromatic heterocycles. The van der Waals surface area contributed by atoms with Crippen molar-refractivity contribution in [3.05, 3.63) is 35.4 Å². The SMILES string of the molecule is CCC(C)(N)Cc1cccc(F)c1F. The summed E-state index contributed by atoms with van der Waals surface area (Å²) < 4.78 is 26.1. The molecule has 2 N–H and O–H groups in total. The Morgan fingerprint density at radius 3 is 2.57 bits per heavy atom. The first kappa shape index (κ1) is 11.1. The van der Waals surface area contributed by atoms with E-state index in [1.54, 1.807) is 6.07 Å². The lowest BCUT2D eigenvalue weighted by Gasteiger charge is -2.22. The molecule has 0 bridgehead atoms. The molecule has 1 atom stereocenters. The van der Waals surface area contributed by atoms with Gasteiger partial charge in [0.2, 0.25) is 0 Å². The second kappa shape index (κ2) is 4.05. The molecule has 1 nitrogen and oxygen atoms in total. The number of nitrogens with two attached hydrogens (primary N) is 1. The van der Waals surface area contributed by atoms with Crippen molar-refractivity contribution in [1.82, 2.24) is 0 Å². The highest BCUT2D eigenvalue weighted by atomic mass is 19.2. The molecule has 14 heavy (non-hydrogen) atoms. The van der Waals surface area contributed by atoms with Gasteiger partial charge < -0.3 is 5.73 Å². The minimum Gasteiger partial charge on any atom is -0.325 e. The van der Waals surface area contributed by atoms with Gasteiger partial charge >= 0.3 is 0 Å². The molecular weight excluding hydrogens is 184 g/mol. The van der Waals surface area contributed by atoms with Crippen LogP contribution in [-0.4, -0.2) is 5.54 Å². The van der Waals surface area contributed by atoms with Crippen LogP contribution >= 0.6 is 0 Å². The van der Waals surface area contributed by atoms with Crippen LogP contribution in [0.15, 0.2) is 18.2 Å². The van der Waals surface area contributed by atoms with Crippen molar-refractivity contribution in [3.63, 3.8) is 0 Å². The van der Waals surface area contributed by atoms with Crippen LogP contribution in [0.5, 0.6) is 0 Å². The minimum atomic E-state index is -0.811. The molecule has 0 fully saturated rings. The first-order valence-corrected chi connectivity index (χ1v) is 4.68. The lowest BCUT2D eigenvalue weighted by molar-refractivity contribution is 0.429. The van der Waals surface area contributed by atoms with E-state index >= 15 is 0 Å². The lowest BCUT2D eigenvalue weighted by Crippen LogP contribution is -2.37. The van der Waals surface area contributed by atoms with Gasteiger partial charge in [0.15, 0.2) is 11.6 Å². The summed E-state index contributed by atoms with van der Waals surface area (Å²) in [6.45, 7) is 3.76. The molecule has 78 valence electrons. The molecular formula is C11H15F2N. The first-order chi connectivity index (χ1) is 6.46. The second-order valence-electron chi connectivity index (χ2n) is 3.90.